The zero-order valence-electron chi connectivity index (χ0n) is 21.2. The lowest BCUT2D eigenvalue weighted by Crippen LogP contribution is -2.19. The van der Waals surface area contributed by atoms with Crippen LogP contribution in [-0.2, 0) is 6.42 Å². The minimum Gasteiger partial charge on any atom is -0.491 e. The van der Waals surface area contributed by atoms with Crippen LogP contribution in [0.3, 0.4) is 0 Å². The number of thioether (sulfide) groups is 1. The van der Waals surface area contributed by atoms with Crippen LogP contribution in [0.25, 0.3) is 11.1 Å². The molecule has 40 heavy (non-hydrogen) atoms. The third-order valence-corrected chi connectivity index (χ3v) is 7.27. The van der Waals surface area contributed by atoms with Crippen molar-refractivity contribution in [3.63, 3.8) is 0 Å². The van der Waals surface area contributed by atoms with E-state index in [-0.39, 0.29) is 22.6 Å². The van der Waals surface area contributed by atoms with Gasteiger partial charge in [-0.15, -0.1) is 0 Å². The van der Waals surface area contributed by atoms with E-state index in [2.05, 4.69) is 21.4 Å². The van der Waals surface area contributed by atoms with Crippen LogP contribution in [0.4, 0.5) is 30.4 Å². The van der Waals surface area contributed by atoms with Gasteiger partial charge in [-0.1, -0.05) is 36.4 Å². The summed E-state index contributed by atoms with van der Waals surface area (Å²) in [7, 11) is 1.56. The van der Waals surface area contributed by atoms with Gasteiger partial charge in [-0.05, 0) is 60.2 Å². The van der Waals surface area contributed by atoms with Crippen LogP contribution < -0.4 is 10.1 Å². The summed E-state index contributed by atoms with van der Waals surface area (Å²) in [6.07, 6.45) is 9.67. The zero-order valence-corrected chi connectivity index (χ0v) is 22.0. The SMILES string of the molecule is COc1cnc(C2=CC(Cc3ccc(SC(F)(F)F)cc3)C3=Nc4ccccc4C3=C2)nc1Nc1ccncc1. The highest BCUT2D eigenvalue weighted by atomic mass is 32.2. The number of pyridine rings is 1. The maximum atomic E-state index is 12.8. The van der Waals surface area contributed by atoms with Crippen molar-refractivity contribution in [2.75, 3.05) is 12.4 Å². The third-order valence-electron chi connectivity index (χ3n) is 6.53. The Balaban J connectivity index is 1.36. The Morgan fingerprint density at radius 2 is 1.77 bits per heavy atom. The second kappa shape index (κ2) is 10.6. The van der Waals surface area contributed by atoms with Gasteiger partial charge >= 0.3 is 5.51 Å². The maximum absolute atomic E-state index is 12.8. The van der Waals surface area contributed by atoms with Crippen LogP contribution in [0.5, 0.6) is 5.75 Å². The average molecular weight is 558 g/mol. The molecule has 0 spiro atoms. The fraction of sp³-hybridized carbons (Fsp3) is 0.133. The van der Waals surface area contributed by atoms with Gasteiger partial charge in [-0.25, -0.2) is 9.97 Å². The largest absolute Gasteiger partial charge is 0.491 e. The van der Waals surface area contributed by atoms with Gasteiger partial charge in [0.25, 0.3) is 0 Å². The predicted molar refractivity (Wildman–Crippen MR) is 151 cm³/mol. The van der Waals surface area contributed by atoms with E-state index in [0.29, 0.717) is 23.8 Å². The van der Waals surface area contributed by atoms with E-state index in [1.807, 2.05) is 42.5 Å². The maximum Gasteiger partial charge on any atom is 0.446 e. The summed E-state index contributed by atoms with van der Waals surface area (Å²) in [5.41, 5.74) is 2.02. The lowest BCUT2D eigenvalue weighted by molar-refractivity contribution is -0.0328. The van der Waals surface area contributed by atoms with Gasteiger partial charge in [-0.3, -0.25) is 9.98 Å². The Bertz CT molecular complexity index is 1650. The summed E-state index contributed by atoms with van der Waals surface area (Å²) in [4.78, 5) is 18.5. The number of nitrogens with zero attached hydrogens (tertiary/aromatic N) is 4. The van der Waals surface area contributed by atoms with E-state index >= 15 is 0 Å². The van der Waals surface area contributed by atoms with Gasteiger partial charge < -0.3 is 10.1 Å². The highest BCUT2D eigenvalue weighted by molar-refractivity contribution is 8.00. The van der Waals surface area contributed by atoms with Gasteiger partial charge in [0.1, 0.15) is 0 Å². The summed E-state index contributed by atoms with van der Waals surface area (Å²) >= 11 is -0.116. The Hall–Kier alpha value is -4.44. The van der Waals surface area contributed by atoms with Crippen LogP contribution in [0.2, 0.25) is 0 Å². The first-order valence-electron chi connectivity index (χ1n) is 12.4. The summed E-state index contributed by atoms with van der Waals surface area (Å²) in [5.74, 6) is 1.38. The number of ether oxygens (including phenoxy) is 1. The molecule has 2 aliphatic rings. The standard InChI is InChI=1S/C30H22F3N5OS/c1-39-26-17-35-28(38-29(26)36-21-10-12-34-13-11-21)20-15-19(14-18-6-8-22(9-7-18)40-30(31,32)33)27-24(16-20)23-4-2-3-5-25(23)37-27/h2-13,15-17,19H,14H2,1H3,(H,34,35,36,38). The van der Waals surface area contributed by atoms with Crippen LogP contribution in [0.15, 0.2) is 101 Å². The van der Waals surface area contributed by atoms with Crippen LogP contribution in [0.1, 0.15) is 17.0 Å². The Morgan fingerprint density at radius 1 is 1.00 bits per heavy atom. The van der Waals surface area contributed by atoms with Crippen LogP contribution in [-0.4, -0.2) is 33.3 Å². The summed E-state index contributed by atoms with van der Waals surface area (Å²) in [5, 5.41) is 3.27. The fourth-order valence-corrected chi connectivity index (χ4v) is 5.30. The molecule has 0 radical (unpaired) electrons. The Morgan fingerprint density at radius 3 is 2.52 bits per heavy atom. The van der Waals surface area contributed by atoms with Crippen molar-refractivity contribution in [1.29, 1.82) is 0 Å². The monoisotopic (exact) mass is 557 g/mol. The molecule has 3 heterocycles. The number of fused-ring (bicyclic) bond motifs is 3. The molecule has 6 rings (SSSR count). The number of aromatic nitrogens is 3. The molecule has 0 bridgehead atoms. The van der Waals surface area contributed by atoms with E-state index < -0.39 is 5.51 Å². The molecule has 2 aromatic heterocycles. The number of hydrogen-bond donors (Lipinski definition) is 1. The first-order valence-corrected chi connectivity index (χ1v) is 13.2. The number of alkyl halides is 3. The average Bonchev–Trinajstić information content (AvgIpc) is 3.33. The lowest BCUT2D eigenvalue weighted by Gasteiger charge is -2.22. The molecule has 2 aromatic carbocycles. The number of allylic oxidation sites excluding steroid dienone is 4. The third kappa shape index (κ3) is 5.48. The van der Waals surface area contributed by atoms with Crippen molar-refractivity contribution in [3.05, 3.63) is 108 Å². The number of benzene rings is 2. The number of para-hydroxylation sites is 1. The first kappa shape index (κ1) is 25.8. The smallest absolute Gasteiger partial charge is 0.446 e. The molecule has 1 N–H and O–H groups in total. The van der Waals surface area contributed by atoms with Crippen molar-refractivity contribution in [3.8, 4) is 5.75 Å². The Kier molecular flexibility index (Phi) is 6.85. The molecule has 4 aromatic rings. The predicted octanol–water partition coefficient (Wildman–Crippen LogP) is 7.66. The van der Waals surface area contributed by atoms with Gasteiger partial charge in [0.15, 0.2) is 17.4 Å². The molecule has 1 aliphatic carbocycles. The highest BCUT2D eigenvalue weighted by Gasteiger charge is 2.32. The van der Waals surface area contributed by atoms with Crippen molar-refractivity contribution < 1.29 is 17.9 Å². The van der Waals surface area contributed by atoms with Crippen molar-refractivity contribution >= 4 is 45.8 Å². The van der Waals surface area contributed by atoms with Gasteiger partial charge in [0.2, 0.25) is 0 Å². The molecule has 0 saturated heterocycles. The molecular formula is C30H22F3N5OS. The van der Waals surface area contributed by atoms with Gasteiger partial charge in [0, 0.05) is 45.6 Å². The number of aliphatic imine (C=N–C) groups is 1. The Labute approximate surface area is 232 Å². The second-order valence-corrected chi connectivity index (χ2v) is 10.3. The molecule has 0 fully saturated rings. The summed E-state index contributed by atoms with van der Waals surface area (Å²) in [6, 6.07) is 18.1. The number of methoxy groups -OCH3 is 1. The number of anilines is 2. The van der Waals surface area contributed by atoms with E-state index in [1.165, 1.54) is 12.1 Å². The van der Waals surface area contributed by atoms with Gasteiger partial charge in [-0.2, -0.15) is 13.2 Å². The number of rotatable bonds is 7. The van der Waals surface area contributed by atoms with E-state index in [0.717, 1.165) is 39.4 Å². The van der Waals surface area contributed by atoms with Crippen molar-refractivity contribution in [2.24, 2.45) is 10.9 Å². The van der Waals surface area contributed by atoms with Crippen LogP contribution >= 0.6 is 11.8 Å². The van der Waals surface area contributed by atoms with E-state index in [1.54, 1.807) is 37.8 Å². The molecule has 1 aliphatic heterocycles. The molecule has 10 heteroatoms. The molecule has 0 amide bonds. The summed E-state index contributed by atoms with van der Waals surface area (Å²) in [6.45, 7) is 0. The molecule has 1 unspecified atom stereocenters. The van der Waals surface area contributed by atoms with E-state index in [4.69, 9.17) is 14.7 Å². The minimum atomic E-state index is -4.32. The molecule has 200 valence electrons. The molecular weight excluding hydrogens is 535 g/mol. The lowest BCUT2D eigenvalue weighted by atomic mass is 9.82. The van der Waals surface area contributed by atoms with Gasteiger partial charge in [0.05, 0.1) is 24.7 Å². The molecule has 1 atom stereocenters. The number of hydrogen-bond acceptors (Lipinski definition) is 7. The molecule has 0 saturated carbocycles. The topological polar surface area (TPSA) is 72.3 Å². The van der Waals surface area contributed by atoms with Crippen LogP contribution in [0, 0.1) is 5.92 Å². The fourth-order valence-electron chi connectivity index (χ4n) is 4.76. The number of nitrogens with one attached hydrogen (secondary N) is 1. The molecule has 6 nitrogen and oxygen atoms in total. The van der Waals surface area contributed by atoms with E-state index in [9.17, 15) is 13.2 Å². The second-order valence-electron chi connectivity index (χ2n) is 9.17. The summed E-state index contributed by atoms with van der Waals surface area (Å²) < 4.78 is 43.9. The quantitative estimate of drug-likeness (QED) is 0.235. The minimum absolute atomic E-state index is 0.116. The highest BCUT2D eigenvalue weighted by Crippen LogP contribution is 2.43. The zero-order chi connectivity index (χ0) is 27.7. The van der Waals surface area contributed by atoms with Crippen molar-refractivity contribution in [2.45, 2.75) is 16.8 Å². The normalized spacial score (nSPS) is 15.9. The van der Waals surface area contributed by atoms with Crippen molar-refractivity contribution in [1.82, 2.24) is 15.0 Å². The first-order chi connectivity index (χ1) is 19.4. The number of halogens is 3.